The molecule has 0 bridgehead atoms. The van der Waals surface area contributed by atoms with Crippen molar-refractivity contribution in [2.45, 2.75) is 71.6 Å². The van der Waals surface area contributed by atoms with Gasteiger partial charge in [0.05, 0.1) is 24.9 Å². The third-order valence-electron chi connectivity index (χ3n) is 4.65. The Kier molecular flexibility index (Phi) is 7.80. The van der Waals surface area contributed by atoms with Gasteiger partial charge in [-0.3, -0.25) is 4.79 Å². The molecule has 1 rings (SSSR count). The van der Waals surface area contributed by atoms with E-state index in [1.54, 1.807) is 4.90 Å². The molecule has 1 saturated heterocycles. The largest absolute Gasteiger partial charge is 0.394 e. The van der Waals surface area contributed by atoms with Crippen LogP contribution in [0.15, 0.2) is 0 Å². The molecule has 1 fully saturated rings. The second kappa shape index (κ2) is 8.85. The number of amides is 1. The molecule has 0 aromatic carbocycles. The third kappa shape index (κ3) is 5.21. The van der Waals surface area contributed by atoms with Gasteiger partial charge < -0.3 is 20.2 Å². The summed E-state index contributed by atoms with van der Waals surface area (Å²) >= 11 is 0. The topological polar surface area (TPSA) is 81.0 Å². The minimum Gasteiger partial charge on any atom is -0.394 e. The smallest absolute Gasteiger partial charge is 0.226 e. The molecule has 22 heavy (non-hydrogen) atoms. The molecule has 0 unspecified atom stereocenters. The predicted molar refractivity (Wildman–Crippen MR) is 86.2 cm³/mol. The van der Waals surface area contributed by atoms with Crippen LogP contribution in [0, 0.1) is 17.8 Å². The maximum Gasteiger partial charge on any atom is 0.226 e. The maximum absolute atomic E-state index is 12.8. The number of hydrogen-bond donors (Lipinski definition) is 3. The van der Waals surface area contributed by atoms with Crippen LogP contribution in [0.5, 0.6) is 0 Å². The van der Waals surface area contributed by atoms with E-state index in [9.17, 15) is 20.1 Å². The van der Waals surface area contributed by atoms with E-state index < -0.39 is 12.2 Å². The summed E-state index contributed by atoms with van der Waals surface area (Å²) in [5.41, 5.74) is 0. The summed E-state index contributed by atoms with van der Waals surface area (Å²) in [6.45, 7) is 8.60. The van der Waals surface area contributed by atoms with E-state index in [2.05, 4.69) is 0 Å². The van der Waals surface area contributed by atoms with Crippen LogP contribution in [0.25, 0.3) is 0 Å². The summed E-state index contributed by atoms with van der Waals surface area (Å²) in [6, 6.07) is -0.0912. The molecule has 4 atom stereocenters. The van der Waals surface area contributed by atoms with E-state index in [1.807, 2.05) is 27.7 Å². The van der Waals surface area contributed by atoms with Gasteiger partial charge in [0.1, 0.15) is 0 Å². The van der Waals surface area contributed by atoms with E-state index in [1.165, 1.54) is 0 Å². The number of likely N-dealkylation sites (tertiary alicyclic amines) is 1. The van der Waals surface area contributed by atoms with Crippen molar-refractivity contribution in [2.75, 3.05) is 13.2 Å². The minimum absolute atomic E-state index is 0.00217. The second-order valence-corrected chi connectivity index (χ2v) is 7.36. The fourth-order valence-electron chi connectivity index (χ4n) is 3.24. The maximum atomic E-state index is 12.8. The summed E-state index contributed by atoms with van der Waals surface area (Å²) in [6.07, 6.45) is 0.892. The van der Waals surface area contributed by atoms with Crippen LogP contribution in [0.2, 0.25) is 0 Å². The van der Waals surface area contributed by atoms with Crippen molar-refractivity contribution in [3.05, 3.63) is 0 Å². The molecular formula is C17H33NO4. The van der Waals surface area contributed by atoms with Gasteiger partial charge in [-0.1, -0.05) is 27.7 Å². The molecule has 5 heteroatoms. The Morgan fingerprint density at radius 1 is 1.14 bits per heavy atom. The van der Waals surface area contributed by atoms with Crippen molar-refractivity contribution in [1.29, 1.82) is 0 Å². The molecule has 1 amide bonds. The molecule has 0 aliphatic carbocycles. The minimum atomic E-state index is -0.881. The summed E-state index contributed by atoms with van der Waals surface area (Å²) in [5.74, 6) is 0.0786. The van der Waals surface area contributed by atoms with Gasteiger partial charge in [0, 0.05) is 12.5 Å². The monoisotopic (exact) mass is 315 g/mol. The van der Waals surface area contributed by atoms with E-state index >= 15 is 0 Å². The van der Waals surface area contributed by atoms with Crippen molar-refractivity contribution < 1.29 is 20.1 Å². The normalized spacial score (nSPS) is 23.1. The summed E-state index contributed by atoms with van der Waals surface area (Å²) < 4.78 is 0. The Bertz CT molecular complexity index is 346. The van der Waals surface area contributed by atoms with Crippen LogP contribution in [0.4, 0.5) is 0 Å². The first-order valence-corrected chi connectivity index (χ1v) is 8.55. The van der Waals surface area contributed by atoms with Gasteiger partial charge in [-0.2, -0.15) is 0 Å². The third-order valence-corrected chi connectivity index (χ3v) is 4.65. The van der Waals surface area contributed by atoms with Crippen molar-refractivity contribution in [2.24, 2.45) is 17.8 Å². The second-order valence-electron chi connectivity index (χ2n) is 7.36. The van der Waals surface area contributed by atoms with Gasteiger partial charge in [-0.25, -0.2) is 0 Å². The van der Waals surface area contributed by atoms with Gasteiger partial charge in [-0.15, -0.1) is 0 Å². The summed E-state index contributed by atoms with van der Waals surface area (Å²) in [4.78, 5) is 14.5. The molecule has 0 spiro atoms. The Balaban J connectivity index is 2.70. The van der Waals surface area contributed by atoms with Gasteiger partial charge in [-0.05, 0) is 37.5 Å². The average Bonchev–Trinajstić information content (AvgIpc) is 2.90. The quantitative estimate of drug-likeness (QED) is 0.632. The number of carbonyl (C=O) groups is 1. The lowest BCUT2D eigenvalue weighted by molar-refractivity contribution is -0.140. The standard InChI is InChI=1S/C17H33NO4/c1-11(2)8-15(20)16(21)9-14(12(3)4)17(22)18-7-5-6-13(18)10-19/h11-16,19-21H,5-10H2,1-4H3/t13-,14-,15+,16-/m0/s1. The first-order valence-electron chi connectivity index (χ1n) is 8.55. The Morgan fingerprint density at radius 2 is 1.73 bits per heavy atom. The number of nitrogens with zero attached hydrogens (tertiary/aromatic N) is 1. The Hall–Kier alpha value is -0.650. The van der Waals surface area contributed by atoms with Crippen LogP contribution in [0.3, 0.4) is 0 Å². The zero-order valence-electron chi connectivity index (χ0n) is 14.4. The van der Waals surface area contributed by atoms with Crippen molar-refractivity contribution >= 4 is 5.91 Å². The van der Waals surface area contributed by atoms with Crippen LogP contribution >= 0.6 is 0 Å². The van der Waals surface area contributed by atoms with Gasteiger partial charge >= 0.3 is 0 Å². The molecule has 0 radical (unpaired) electrons. The number of aliphatic hydroxyl groups is 3. The summed E-state index contributed by atoms with van der Waals surface area (Å²) in [7, 11) is 0. The highest BCUT2D eigenvalue weighted by atomic mass is 16.3. The molecule has 130 valence electrons. The molecule has 0 aromatic heterocycles. The Morgan fingerprint density at radius 3 is 2.23 bits per heavy atom. The van der Waals surface area contributed by atoms with Crippen molar-refractivity contribution in [3.8, 4) is 0 Å². The highest BCUT2D eigenvalue weighted by Crippen LogP contribution is 2.27. The highest BCUT2D eigenvalue weighted by Gasteiger charge is 2.36. The molecule has 1 aliphatic rings. The number of carbonyl (C=O) groups excluding carboxylic acids is 1. The SMILES string of the molecule is CC(C)C[C@@H](O)[C@@H](O)C[C@H](C(=O)N1CCC[C@H]1CO)C(C)C. The van der Waals surface area contributed by atoms with Crippen LogP contribution in [-0.2, 0) is 4.79 Å². The molecule has 5 nitrogen and oxygen atoms in total. The fraction of sp³-hybridized carbons (Fsp3) is 0.941. The zero-order chi connectivity index (χ0) is 16.9. The van der Waals surface area contributed by atoms with Crippen LogP contribution in [0.1, 0.15) is 53.4 Å². The number of aliphatic hydroxyl groups excluding tert-OH is 3. The van der Waals surface area contributed by atoms with E-state index in [0.29, 0.717) is 18.9 Å². The predicted octanol–water partition coefficient (Wildman–Crippen LogP) is 1.40. The number of rotatable bonds is 8. The number of hydrogen-bond acceptors (Lipinski definition) is 4. The van der Waals surface area contributed by atoms with Crippen molar-refractivity contribution in [3.63, 3.8) is 0 Å². The van der Waals surface area contributed by atoms with Crippen molar-refractivity contribution in [1.82, 2.24) is 4.90 Å². The van der Waals surface area contributed by atoms with Gasteiger partial charge in [0.2, 0.25) is 5.91 Å². The van der Waals surface area contributed by atoms with E-state index in [0.717, 1.165) is 12.8 Å². The first kappa shape index (κ1) is 19.4. The fourth-order valence-corrected chi connectivity index (χ4v) is 3.24. The first-order chi connectivity index (χ1) is 10.3. The lowest BCUT2D eigenvalue weighted by Gasteiger charge is -2.32. The molecule has 0 saturated carbocycles. The van der Waals surface area contributed by atoms with E-state index in [4.69, 9.17) is 0 Å². The molecule has 1 aliphatic heterocycles. The Labute approximate surface area is 134 Å². The van der Waals surface area contributed by atoms with Crippen LogP contribution < -0.4 is 0 Å². The van der Waals surface area contributed by atoms with Gasteiger partial charge in [0.25, 0.3) is 0 Å². The molecule has 0 aromatic rings. The molecule has 1 heterocycles. The lowest BCUT2D eigenvalue weighted by Crippen LogP contribution is -2.44. The highest BCUT2D eigenvalue weighted by molar-refractivity contribution is 5.79. The lowest BCUT2D eigenvalue weighted by atomic mass is 9.86. The van der Waals surface area contributed by atoms with E-state index in [-0.39, 0.29) is 36.8 Å². The van der Waals surface area contributed by atoms with Gasteiger partial charge in [0.15, 0.2) is 0 Å². The summed E-state index contributed by atoms with van der Waals surface area (Å²) in [5, 5.41) is 29.7. The molecule has 3 N–H and O–H groups in total. The van der Waals surface area contributed by atoms with Crippen LogP contribution in [-0.4, -0.2) is 57.5 Å². The molecular weight excluding hydrogens is 282 g/mol. The zero-order valence-corrected chi connectivity index (χ0v) is 14.4. The average molecular weight is 315 g/mol.